The molecular formula is C12H22N4. The fourth-order valence-electron chi connectivity index (χ4n) is 3.08. The molecule has 0 unspecified atom stereocenters. The van der Waals surface area contributed by atoms with Crippen LogP contribution in [0.25, 0.3) is 0 Å². The third kappa shape index (κ3) is 2.43. The van der Waals surface area contributed by atoms with Crippen LogP contribution in [0.5, 0.6) is 0 Å². The van der Waals surface area contributed by atoms with Crippen molar-refractivity contribution in [2.45, 2.75) is 52.6 Å². The van der Waals surface area contributed by atoms with E-state index in [0.717, 1.165) is 11.6 Å². The molecule has 2 atom stereocenters. The summed E-state index contributed by atoms with van der Waals surface area (Å²) in [5, 5.41) is 8.27. The SMILES string of the molecule is C[C@@H]1C[C@@H](n2cc(CN)nn2)CC(C)(C)C1. The van der Waals surface area contributed by atoms with E-state index in [-0.39, 0.29) is 0 Å². The van der Waals surface area contributed by atoms with Crippen molar-refractivity contribution in [2.24, 2.45) is 17.1 Å². The van der Waals surface area contributed by atoms with E-state index in [1.165, 1.54) is 19.3 Å². The van der Waals surface area contributed by atoms with Crippen molar-refractivity contribution in [1.29, 1.82) is 0 Å². The lowest BCUT2D eigenvalue weighted by atomic mass is 9.71. The molecule has 1 aliphatic carbocycles. The second-order valence-corrected chi connectivity index (χ2v) is 5.96. The number of hydrogen-bond acceptors (Lipinski definition) is 3. The van der Waals surface area contributed by atoms with Gasteiger partial charge in [0.1, 0.15) is 0 Å². The second-order valence-electron chi connectivity index (χ2n) is 5.96. The molecule has 0 amide bonds. The van der Waals surface area contributed by atoms with Crippen LogP contribution in [0.15, 0.2) is 6.20 Å². The first-order valence-electron chi connectivity index (χ1n) is 6.11. The molecule has 0 aromatic carbocycles. The third-order valence-corrected chi connectivity index (χ3v) is 3.50. The zero-order chi connectivity index (χ0) is 11.8. The summed E-state index contributed by atoms with van der Waals surface area (Å²) in [6, 6.07) is 0.492. The minimum Gasteiger partial charge on any atom is -0.325 e. The molecular weight excluding hydrogens is 200 g/mol. The summed E-state index contributed by atoms with van der Waals surface area (Å²) in [6.07, 6.45) is 5.70. The van der Waals surface area contributed by atoms with E-state index in [9.17, 15) is 0 Å². The Bertz CT molecular complexity index is 356. The van der Waals surface area contributed by atoms with Crippen LogP contribution in [0.2, 0.25) is 0 Å². The molecule has 0 radical (unpaired) electrons. The van der Waals surface area contributed by atoms with Crippen molar-refractivity contribution >= 4 is 0 Å². The van der Waals surface area contributed by atoms with Crippen LogP contribution in [0.3, 0.4) is 0 Å². The van der Waals surface area contributed by atoms with E-state index in [2.05, 4.69) is 31.1 Å². The van der Waals surface area contributed by atoms with Gasteiger partial charge < -0.3 is 5.73 Å². The highest BCUT2D eigenvalue weighted by molar-refractivity contribution is 4.94. The van der Waals surface area contributed by atoms with E-state index in [1.807, 2.05) is 10.9 Å². The van der Waals surface area contributed by atoms with E-state index in [0.29, 0.717) is 18.0 Å². The van der Waals surface area contributed by atoms with E-state index in [4.69, 9.17) is 5.73 Å². The molecule has 0 bridgehead atoms. The van der Waals surface area contributed by atoms with Gasteiger partial charge in [-0.2, -0.15) is 0 Å². The van der Waals surface area contributed by atoms with E-state index >= 15 is 0 Å². The van der Waals surface area contributed by atoms with Crippen molar-refractivity contribution in [1.82, 2.24) is 15.0 Å². The smallest absolute Gasteiger partial charge is 0.0962 e. The lowest BCUT2D eigenvalue weighted by Gasteiger charge is -2.38. The minimum absolute atomic E-state index is 0.414. The van der Waals surface area contributed by atoms with Crippen molar-refractivity contribution in [3.8, 4) is 0 Å². The zero-order valence-corrected chi connectivity index (χ0v) is 10.5. The number of nitrogens with zero attached hydrogens (tertiary/aromatic N) is 3. The molecule has 0 saturated heterocycles. The number of rotatable bonds is 2. The Morgan fingerprint density at radius 3 is 2.81 bits per heavy atom. The maximum absolute atomic E-state index is 5.56. The summed E-state index contributed by atoms with van der Waals surface area (Å²) >= 11 is 0. The highest BCUT2D eigenvalue weighted by Gasteiger charge is 2.33. The van der Waals surface area contributed by atoms with Gasteiger partial charge in [-0.1, -0.05) is 26.0 Å². The van der Waals surface area contributed by atoms with Gasteiger partial charge >= 0.3 is 0 Å². The summed E-state index contributed by atoms with van der Waals surface area (Å²) in [5.41, 5.74) is 6.86. The van der Waals surface area contributed by atoms with Crippen LogP contribution in [0.1, 0.15) is 51.8 Å². The molecule has 16 heavy (non-hydrogen) atoms. The third-order valence-electron chi connectivity index (χ3n) is 3.50. The van der Waals surface area contributed by atoms with Gasteiger partial charge in [0, 0.05) is 6.54 Å². The Morgan fingerprint density at radius 2 is 2.25 bits per heavy atom. The van der Waals surface area contributed by atoms with Crippen LogP contribution in [-0.2, 0) is 6.54 Å². The first-order valence-corrected chi connectivity index (χ1v) is 6.11. The maximum atomic E-state index is 5.56. The predicted octanol–water partition coefficient (Wildman–Crippen LogP) is 2.12. The van der Waals surface area contributed by atoms with Crippen molar-refractivity contribution in [3.05, 3.63) is 11.9 Å². The van der Waals surface area contributed by atoms with Gasteiger partial charge in [-0.15, -0.1) is 5.10 Å². The summed E-state index contributed by atoms with van der Waals surface area (Å²) in [5.74, 6) is 0.763. The molecule has 1 aromatic rings. The van der Waals surface area contributed by atoms with Gasteiger partial charge in [0.05, 0.1) is 17.9 Å². The molecule has 1 saturated carbocycles. The Balaban J connectivity index is 2.14. The van der Waals surface area contributed by atoms with Gasteiger partial charge in [0.2, 0.25) is 0 Å². The molecule has 0 aliphatic heterocycles. The molecule has 0 spiro atoms. The Hall–Kier alpha value is -0.900. The first-order chi connectivity index (χ1) is 7.50. The van der Waals surface area contributed by atoms with E-state index < -0.39 is 0 Å². The van der Waals surface area contributed by atoms with E-state index in [1.54, 1.807) is 0 Å². The average Bonchev–Trinajstić information content (AvgIpc) is 2.62. The number of aromatic nitrogens is 3. The fraction of sp³-hybridized carbons (Fsp3) is 0.833. The average molecular weight is 222 g/mol. The Labute approximate surface area is 97.2 Å². The van der Waals surface area contributed by atoms with Crippen molar-refractivity contribution < 1.29 is 0 Å². The topological polar surface area (TPSA) is 56.7 Å². The Morgan fingerprint density at radius 1 is 1.50 bits per heavy atom. The van der Waals surface area contributed by atoms with Crippen LogP contribution < -0.4 is 5.73 Å². The predicted molar refractivity (Wildman–Crippen MR) is 63.7 cm³/mol. The molecule has 1 aliphatic rings. The van der Waals surface area contributed by atoms with Gasteiger partial charge in [-0.3, -0.25) is 0 Å². The molecule has 2 rings (SSSR count). The van der Waals surface area contributed by atoms with Gasteiger partial charge in [-0.05, 0) is 30.6 Å². The van der Waals surface area contributed by atoms with Crippen molar-refractivity contribution in [2.75, 3.05) is 0 Å². The Kier molecular flexibility index (Phi) is 3.02. The summed E-state index contributed by atoms with van der Waals surface area (Å²) in [4.78, 5) is 0. The number of nitrogens with two attached hydrogens (primary N) is 1. The molecule has 90 valence electrons. The standard InChI is InChI=1S/C12H22N4/c1-9-4-11(6-12(2,3)5-9)16-8-10(7-13)14-15-16/h8-9,11H,4-7,13H2,1-3H3/t9-,11-/m1/s1. The lowest BCUT2D eigenvalue weighted by molar-refractivity contribution is 0.129. The van der Waals surface area contributed by atoms with Crippen molar-refractivity contribution in [3.63, 3.8) is 0 Å². The lowest BCUT2D eigenvalue weighted by Crippen LogP contribution is -2.29. The van der Waals surface area contributed by atoms with Gasteiger partial charge in [0.15, 0.2) is 0 Å². The normalized spacial score (nSPS) is 29.2. The molecule has 1 fully saturated rings. The highest BCUT2D eigenvalue weighted by Crippen LogP contribution is 2.43. The molecule has 1 heterocycles. The molecule has 2 N–H and O–H groups in total. The zero-order valence-electron chi connectivity index (χ0n) is 10.5. The van der Waals surface area contributed by atoms with Crippen LogP contribution >= 0.6 is 0 Å². The largest absolute Gasteiger partial charge is 0.325 e. The molecule has 4 heteroatoms. The summed E-state index contributed by atoms with van der Waals surface area (Å²) in [7, 11) is 0. The minimum atomic E-state index is 0.414. The quantitative estimate of drug-likeness (QED) is 0.834. The molecule has 1 aromatic heterocycles. The second kappa shape index (κ2) is 4.17. The van der Waals surface area contributed by atoms with Crippen LogP contribution in [-0.4, -0.2) is 15.0 Å². The highest BCUT2D eigenvalue weighted by atomic mass is 15.4. The molecule has 4 nitrogen and oxygen atoms in total. The fourth-order valence-corrected chi connectivity index (χ4v) is 3.08. The summed E-state index contributed by atoms with van der Waals surface area (Å²) < 4.78 is 2.01. The van der Waals surface area contributed by atoms with Gasteiger partial charge in [0.25, 0.3) is 0 Å². The van der Waals surface area contributed by atoms with Crippen LogP contribution in [0, 0.1) is 11.3 Å². The maximum Gasteiger partial charge on any atom is 0.0962 e. The van der Waals surface area contributed by atoms with Crippen LogP contribution in [0.4, 0.5) is 0 Å². The first kappa shape index (κ1) is 11.6. The summed E-state index contributed by atoms with van der Waals surface area (Å²) in [6.45, 7) is 7.49. The number of hydrogen-bond donors (Lipinski definition) is 1. The monoisotopic (exact) mass is 222 g/mol. The van der Waals surface area contributed by atoms with Gasteiger partial charge in [-0.25, -0.2) is 4.68 Å².